The van der Waals surface area contributed by atoms with E-state index in [9.17, 15) is 4.39 Å². The van der Waals surface area contributed by atoms with E-state index in [1.807, 2.05) is 40.7 Å². The van der Waals surface area contributed by atoms with Crippen LogP contribution in [0.25, 0.3) is 0 Å². The maximum absolute atomic E-state index is 12.9. The van der Waals surface area contributed by atoms with Crippen LogP contribution in [0, 0.1) is 25.2 Å². The first-order valence-electron chi connectivity index (χ1n) is 18.4. The smallest absolute Gasteiger partial charge is 0.166 e. The Labute approximate surface area is 338 Å². The fraction of sp³-hybridized carbons (Fsp3) is 0.413. The Balaban J connectivity index is -0.000000185. The minimum absolute atomic E-state index is 0.111. The molecule has 0 heterocycles. The van der Waals surface area contributed by atoms with Gasteiger partial charge in [0.15, 0.2) is 5.82 Å². The second kappa shape index (κ2) is 41.5. The molecular weight excluding hydrogens is 684 g/mol. The molecule has 0 saturated heterocycles. The Morgan fingerprint density at radius 1 is 0.909 bits per heavy atom. The Morgan fingerprint density at radius 2 is 1.44 bits per heavy atom. The van der Waals surface area contributed by atoms with Crippen molar-refractivity contribution < 1.29 is 4.39 Å². The van der Waals surface area contributed by atoms with Crippen LogP contribution in [0.15, 0.2) is 139 Å². The van der Waals surface area contributed by atoms with Crippen LogP contribution >= 0.6 is 0 Å². The van der Waals surface area contributed by atoms with E-state index in [2.05, 4.69) is 120 Å². The van der Waals surface area contributed by atoms with E-state index in [4.69, 9.17) is 23.7 Å². The molecular formula is C46H79FN8. The van der Waals surface area contributed by atoms with Crippen LogP contribution in [0.4, 0.5) is 4.39 Å². The van der Waals surface area contributed by atoms with Crippen LogP contribution in [-0.4, -0.2) is 36.4 Å². The van der Waals surface area contributed by atoms with E-state index in [0.717, 1.165) is 17.6 Å². The minimum Gasteiger partial charge on any atom is -0.399 e. The predicted octanol–water partition coefficient (Wildman–Crippen LogP) is 10.1. The highest BCUT2D eigenvalue weighted by Crippen LogP contribution is 2.16. The van der Waals surface area contributed by atoms with Crippen molar-refractivity contribution in [3.8, 4) is 25.2 Å². The first kappa shape index (κ1) is 61.8. The van der Waals surface area contributed by atoms with E-state index in [1.54, 1.807) is 13.0 Å². The summed E-state index contributed by atoms with van der Waals surface area (Å²) < 4.78 is 12.9. The van der Waals surface area contributed by atoms with Gasteiger partial charge >= 0.3 is 0 Å². The molecule has 0 bridgehead atoms. The lowest BCUT2D eigenvalue weighted by Crippen LogP contribution is -2.34. The third kappa shape index (κ3) is 34.3. The predicted molar refractivity (Wildman–Crippen MR) is 248 cm³/mol. The largest absolute Gasteiger partial charge is 0.399 e. The standard InChI is InChI=1S/C22H34N6.C12H21FN2.C6H12.C2H6.C2H4.C2H2/c1-9-12-14-25-17(5)18(6)27-22(16(4)23)28(24)20(8)19(7)26-15-21(11-3)13-10-2;1-6-12(10(4)13)15-7-8(2)9(3)11(5)14;1-4-5-6(2)3;3*1-2/h1,10,13,25-26H,2,5,7-8,11-12,14-15,23-24H2,3-4,6H3;11,15H,2-3,6-7,14H2,1,4-5H3;2,4-5H2,1,3H3;1-2H3;1-2H2;1-2H/b21-13+,22-16+,27-18+;12-10-;;;;. The summed E-state index contributed by atoms with van der Waals surface area (Å²) in [7, 11) is 0. The minimum atomic E-state index is -0.184. The summed E-state index contributed by atoms with van der Waals surface area (Å²) in [6.07, 6.45) is 21.5. The van der Waals surface area contributed by atoms with Crippen LogP contribution in [0.3, 0.4) is 0 Å². The van der Waals surface area contributed by atoms with Gasteiger partial charge in [-0.3, -0.25) is 5.01 Å². The molecule has 0 aromatic carbocycles. The van der Waals surface area contributed by atoms with Gasteiger partial charge in [0.05, 0.1) is 17.1 Å². The van der Waals surface area contributed by atoms with Crippen LogP contribution in [-0.2, 0) is 0 Å². The van der Waals surface area contributed by atoms with Crippen LogP contribution in [0.5, 0.6) is 0 Å². The summed E-state index contributed by atoms with van der Waals surface area (Å²) in [5, 5.41) is 10.6. The molecule has 0 aromatic heterocycles. The molecule has 0 radical (unpaired) electrons. The van der Waals surface area contributed by atoms with Crippen molar-refractivity contribution in [3.05, 3.63) is 134 Å². The highest BCUT2D eigenvalue weighted by molar-refractivity contribution is 5.97. The Hall–Kier alpha value is -5.22. The average Bonchev–Trinajstić information content (AvgIpc) is 3.16. The first-order valence-corrected chi connectivity index (χ1v) is 18.4. The number of aliphatic imine (C=N–C) groups is 1. The van der Waals surface area contributed by atoms with Crippen molar-refractivity contribution in [1.29, 1.82) is 0 Å². The number of nitrogens with zero attached hydrogens (tertiary/aromatic N) is 2. The third-order valence-electron chi connectivity index (χ3n) is 6.84. The second-order valence-corrected chi connectivity index (χ2v) is 11.5. The maximum atomic E-state index is 12.9. The zero-order chi connectivity index (χ0) is 44.7. The fourth-order valence-corrected chi connectivity index (χ4v) is 3.60. The van der Waals surface area contributed by atoms with Gasteiger partial charge in [0, 0.05) is 49.2 Å². The molecule has 0 aliphatic rings. The molecule has 0 saturated carbocycles. The van der Waals surface area contributed by atoms with Crippen LogP contribution < -0.4 is 33.3 Å². The number of allylic oxidation sites excluding steroid dienone is 7. The third-order valence-corrected chi connectivity index (χ3v) is 6.84. The van der Waals surface area contributed by atoms with Gasteiger partial charge in [-0.2, -0.15) is 0 Å². The molecule has 0 amide bonds. The fourth-order valence-electron chi connectivity index (χ4n) is 3.60. The number of nitrogens with one attached hydrogen (secondary N) is 3. The normalized spacial score (nSPS) is 11.3. The quantitative estimate of drug-likeness (QED) is 0.0131. The van der Waals surface area contributed by atoms with Crippen molar-refractivity contribution in [2.24, 2.45) is 22.3 Å². The molecule has 55 heavy (non-hydrogen) atoms. The Kier molecular flexibility index (Phi) is 46.7. The van der Waals surface area contributed by atoms with Crippen molar-refractivity contribution >= 4 is 5.71 Å². The van der Waals surface area contributed by atoms with Gasteiger partial charge in [-0.25, -0.2) is 15.2 Å². The molecule has 9 N–H and O–H groups in total. The second-order valence-electron chi connectivity index (χ2n) is 11.5. The highest BCUT2D eigenvalue weighted by atomic mass is 19.1. The molecule has 1 atom stereocenters. The summed E-state index contributed by atoms with van der Waals surface area (Å²) in [4.78, 5) is 4.50. The topological polar surface area (TPSA) is 130 Å². The molecule has 0 fully saturated rings. The molecule has 0 rings (SSSR count). The van der Waals surface area contributed by atoms with Gasteiger partial charge in [0.1, 0.15) is 5.83 Å². The number of terminal acetylenes is 2. The van der Waals surface area contributed by atoms with Gasteiger partial charge in [-0.05, 0) is 65.0 Å². The number of hydrogen-bond donors (Lipinski definition) is 6. The van der Waals surface area contributed by atoms with Gasteiger partial charge in [-0.15, -0.1) is 44.9 Å². The lowest BCUT2D eigenvalue weighted by molar-refractivity contribution is 0.442. The van der Waals surface area contributed by atoms with Crippen molar-refractivity contribution in [2.75, 3.05) is 19.6 Å². The molecule has 310 valence electrons. The number of rotatable bonds is 21. The van der Waals surface area contributed by atoms with E-state index >= 15 is 0 Å². The molecule has 9 heteroatoms. The number of hydrazine groups is 1. The van der Waals surface area contributed by atoms with E-state index in [-0.39, 0.29) is 11.9 Å². The summed E-state index contributed by atoms with van der Waals surface area (Å²) in [6.45, 7) is 53.8. The maximum Gasteiger partial charge on any atom is 0.166 e. The zero-order valence-corrected chi connectivity index (χ0v) is 36.5. The summed E-state index contributed by atoms with van der Waals surface area (Å²) in [5.74, 6) is 8.95. The SMILES string of the molecule is C#C.C#CCCNC(=C)/C(C)=N/C(=C(/C)N)N(N)C(=C)C(=C)NC/C(=C/C=C)CC.C=C.C=C(C)CCC.C=C(CN/C(CC)=C(/C)F)C(=C)C(C)N.CC. The van der Waals surface area contributed by atoms with Gasteiger partial charge in [0.25, 0.3) is 0 Å². The summed E-state index contributed by atoms with van der Waals surface area (Å²) >= 11 is 0. The van der Waals surface area contributed by atoms with Crippen molar-refractivity contribution in [3.63, 3.8) is 0 Å². The monoisotopic (exact) mass is 763 g/mol. The van der Waals surface area contributed by atoms with Crippen molar-refractivity contribution in [1.82, 2.24) is 21.0 Å². The Bertz CT molecular complexity index is 1360. The lowest BCUT2D eigenvalue weighted by atomic mass is 10.0. The number of nitrogens with two attached hydrogens (primary N) is 3. The van der Waals surface area contributed by atoms with Gasteiger partial charge < -0.3 is 27.4 Å². The molecule has 0 aromatic rings. The van der Waals surface area contributed by atoms with Gasteiger partial charge in [-0.1, -0.05) is 104 Å². The molecule has 8 nitrogen and oxygen atoms in total. The first-order chi connectivity index (χ1) is 25.9. The van der Waals surface area contributed by atoms with E-state index in [0.29, 0.717) is 72.5 Å². The van der Waals surface area contributed by atoms with Crippen LogP contribution in [0.1, 0.15) is 101 Å². The van der Waals surface area contributed by atoms with Gasteiger partial charge in [0.2, 0.25) is 0 Å². The Morgan fingerprint density at radius 3 is 1.78 bits per heavy atom. The molecule has 0 spiro atoms. The molecule has 0 aliphatic carbocycles. The number of hydrogen-bond acceptors (Lipinski definition) is 8. The van der Waals surface area contributed by atoms with E-state index in [1.165, 1.54) is 35.9 Å². The zero-order valence-electron chi connectivity index (χ0n) is 36.5. The number of halogens is 1. The van der Waals surface area contributed by atoms with E-state index < -0.39 is 0 Å². The summed E-state index contributed by atoms with van der Waals surface area (Å²) in [6, 6.07) is -0.111. The van der Waals surface area contributed by atoms with Crippen molar-refractivity contribution in [2.45, 2.75) is 107 Å². The molecule has 1 unspecified atom stereocenters. The average molecular weight is 763 g/mol. The summed E-state index contributed by atoms with van der Waals surface area (Å²) in [5.41, 5.74) is 19.1. The van der Waals surface area contributed by atoms with Crippen LogP contribution in [0.2, 0.25) is 0 Å². The lowest BCUT2D eigenvalue weighted by Gasteiger charge is -2.25. The highest BCUT2D eigenvalue weighted by Gasteiger charge is 2.15. The molecule has 0 aliphatic heterocycles.